The van der Waals surface area contributed by atoms with Crippen LogP contribution in [0.5, 0.6) is 0 Å². The van der Waals surface area contributed by atoms with Crippen molar-refractivity contribution in [2.75, 3.05) is 13.2 Å². The smallest absolute Gasteiger partial charge is 0.368 e. The van der Waals surface area contributed by atoms with E-state index in [2.05, 4.69) is 34.6 Å². The van der Waals surface area contributed by atoms with E-state index in [9.17, 15) is 4.57 Å². The van der Waals surface area contributed by atoms with Crippen LogP contribution in [0, 0.1) is 52.3 Å². The van der Waals surface area contributed by atoms with Gasteiger partial charge in [0.1, 0.15) is 31.5 Å². The van der Waals surface area contributed by atoms with Gasteiger partial charge in [-0.05, 0) is 128 Å². The molecule has 1 aliphatic heterocycles. The number of hydrogen-bond donors (Lipinski definition) is 0. The molecule has 8 nitrogen and oxygen atoms in total. The van der Waals surface area contributed by atoms with E-state index in [1.54, 1.807) is 0 Å². The molecule has 2 aromatic rings. The van der Waals surface area contributed by atoms with E-state index >= 15 is 0 Å². The van der Waals surface area contributed by atoms with Crippen LogP contribution in [0.15, 0.2) is 60.7 Å². The highest BCUT2D eigenvalue weighted by molar-refractivity contribution is 7.48. The van der Waals surface area contributed by atoms with Crippen LogP contribution in [0.3, 0.4) is 0 Å². The maximum atomic E-state index is 14.8. The van der Waals surface area contributed by atoms with Crippen LogP contribution in [0.4, 0.5) is 0 Å². The fourth-order valence-corrected chi connectivity index (χ4v) is 15.5. The van der Waals surface area contributed by atoms with Crippen molar-refractivity contribution in [2.24, 2.45) is 52.3 Å². The van der Waals surface area contributed by atoms with Crippen LogP contribution in [0.2, 0.25) is 0 Å². The standard InChI is InChI=1S/C51H73Cl6O8P/c1-33(2)14-13-15-34(3)41-22-23-42-40-21-20-38-28-39(24-26-48(38,5)43(40)25-27-49(41,42)6)64-47-46(65-66(58,61-31-50(52,53)54)62-32-51(55,56)57)45(60-30-37-18-11-8-12-19-37)44(35(4)63-47)59-29-36-16-9-7-10-17-36/h7-12,16-19,33-35,38-47H,13-15,20-32H2,1-6H3/t34-,35+,38?,39+,40+,41-,42+,43+,44+,45-,46-,47-,48+,49-/m1/s1. The molecule has 0 radical (unpaired) electrons. The molecule has 1 unspecified atom stereocenters. The van der Waals surface area contributed by atoms with Gasteiger partial charge in [0.05, 0.1) is 25.4 Å². The van der Waals surface area contributed by atoms with Crippen molar-refractivity contribution in [3.63, 3.8) is 0 Å². The van der Waals surface area contributed by atoms with Crippen molar-refractivity contribution >= 4 is 77.4 Å². The van der Waals surface area contributed by atoms with Gasteiger partial charge in [-0.1, -0.05) is 184 Å². The highest BCUT2D eigenvalue weighted by Gasteiger charge is 2.61. The number of phosphoric acid groups is 1. The summed E-state index contributed by atoms with van der Waals surface area (Å²) in [5.41, 5.74) is 2.53. The van der Waals surface area contributed by atoms with E-state index in [1.807, 2.05) is 67.6 Å². The predicted molar refractivity (Wildman–Crippen MR) is 267 cm³/mol. The molecule has 66 heavy (non-hydrogen) atoms. The fourth-order valence-electron chi connectivity index (χ4n) is 13.3. The third kappa shape index (κ3) is 13.6. The van der Waals surface area contributed by atoms with Gasteiger partial charge in [0.2, 0.25) is 7.59 Å². The van der Waals surface area contributed by atoms with E-state index in [-0.39, 0.29) is 24.7 Å². The lowest BCUT2D eigenvalue weighted by Gasteiger charge is -2.61. The summed E-state index contributed by atoms with van der Waals surface area (Å²) in [6.45, 7) is 13.5. The maximum Gasteiger partial charge on any atom is 0.475 e. The molecule has 7 rings (SSSR count). The van der Waals surface area contributed by atoms with E-state index in [4.69, 9.17) is 102 Å². The quantitative estimate of drug-likeness (QED) is 0.0782. The lowest BCUT2D eigenvalue weighted by Crippen LogP contribution is -2.61. The van der Waals surface area contributed by atoms with Crippen LogP contribution >= 0.6 is 77.4 Å². The van der Waals surface area contributed by atoms with Gasteiger partial charge in [0.15, 0.2) is 6.29 Å². The molecule has 0 spiro atoms. The van der Waals surface area contributed by atoms with E-state index in [0.717, 1.165) is 60.0 Å². The van der Waals surface area contributed by atoms with Crippen LogP contribution < -0.4 is 0 Å². The third-order valence-electron chi connectivity index (χ3n) is 16.5. The highest BCUT2D eigenvalue weighted by atomic mass is 35.6. The summed E-state index contributed by atoms with van der Waals surface area (Å²) in [4.78, 5) is 0. The van der Waals surface area contributed by atoms with E-state index < -0.39 is 59.3 Å². The third-order valence-corrected chi connectivity index (χ3v) is 18.5. The number of phosphoric ester groups is 1. The van der Waals surface area contributed by atoms with Gasteiger partial charge in [-0.2, -0.15) is 0 Å². The SMILES string of the molecule is CC(C)CCC[C@@H](C)[C@H]1CC[C@H]2[C@@H]3CCC4C[C@@H](O[C@H]5O[C@@H](C)[C@H](OCc6ccccc6)[C@@H](OCc6ccccc6)[C@H]5OP(=O)(OCC(Cl)(Cl)Cl)OCC(Cl)(Cl)Cl)CC[C@]4(C)[C@H]3CC[C@]12C. The Morgan fingerprint density at radius 1 is 0.712 bits per heavy atom. The van der Waals surface area contributed by atoms with Crippen LogP contribution in [0.1, 0.15) is 130 Å². The average Bonchev–Trinajstić information content (AvgIpc) is 3.62. The monoisotopic (exact) mass is 1050 g/mol. The van der Waals surface area contributed by atoms with Gasteiger partial charge in [-0.15, -0.1) is 0 Å². The molecule has 5 aliphatic rings. The van der Waals surface area contributed by atoms with Gasteiger partial charge >= 0.3 is 7.82 Å². The molecule has 15 heteroatoms. The second-order valence-electron chi connectivity index (χ2n) is 21.2. The summed E-state index contributed by atoms with van der Waals surface area (Å²) in [5.74, 6) is 5.19. The predicted octanol–water partition coefficient (Wildman–Crippen LogP) is 15.7. The highest BCUT2D eigenvalue weighted by Crippen LogP contribution is 2.69. The summed E-state index contributed by atoms with van der Waals surface area (Å²) < 4.78 is 55.9. The Kier molecular flexibility index (Phi) is 18.7. The molecule has 1 heterocycles. The maximum absolute atomic E-state index is 14.8. The Morgan fingerprint density at radius 2 is 1.29 bits per heavy atom. The largest absolute Gasteiger partial charge is 0.475 e. The lowest BCUT2D eigenvalue weighted by atomic mass is 9.44. The second kappa shape index (κ2) is 22.9. The molecular weight excluding hydrogens is 984 g/mol. The summed E-state index contributed by atoms with van der Waals surface area (Å²) in [6.07, 6.45) is 10.0. The van der Waals surface area contributed by atoms with Crippen molar-refractivity contribution < 1.29 is 37.1 Å². The number of hydrogen-bond acceptors (Lipinski definition) is 8. The van der Waals surface area contributed by atoms with Crippen molar-refractivity contribution in [3.8, 4) is 0 Å². The van der Waals surface area contributed by atoms with Crippen molar-refractivity contribution in [1.29, 1.82) is 0 Å². The molecule has 0 aromatic heterocycles. The van der Waals surface area contributed by atoms with Crippen molar-refractivity contribution in [3.05, 3.63) is 71.8 Å². The number of alkyl halides is 6. The number of ether oxygens (including phenoxy) is 4. The molecule has 0 N–H and O–H groups in total. The second-order valence-corrected chi connectivity index (χ2v) is 27.9. The number of halogens is 6. The van der Waals surface area contributed by atoms with E-state index in [1.165, 1.54) is 57.8 Å². The van der Waals surface area contributed by atoms with E-state index in [0.29, 0.717) is 17.3 Å². The minimum Gasteiger partial charge on any atom is -0.368 e. The zero-order chi connectivity index (χ0) is 47.5. The Labute approximate surface area is 425 Å². The number of rotatable bonds is 19. The first-order valence-electron chi connectivity index (χ1n) is 24.5. The fraction of sp³-hybridized carbons (Fsp3) is 0.765. The molecule has 4 aliphatic carbocycles. The number of benzene rings is 2. The topological polar surface area (TPSA) is 81.7 Å². The van der Waals surface area contributed by atoms with Gasteiger partial charge in [-0.3, -0.25) is 13.6 Å². The first kappa shape index (κ1) is 53.9. The van der Waals surface area contributed by atoms with Crippen LogP contribution in [-0.4, -0.2) is 57.6 Å². The first-order chi connectivity index (χ1) is 31.2. The van der Waals surface area contributed by atoms with Crippen LogP contribution in [-0.2, 0) is 50.3 Å². The van der Waals surface area contributed by atoms with Gasteiger partial charge in [0, 0.05) is 0 Å². The lowest BCUT2D eigenvalue weighted by molar-refractivity contribution is -0.320. The number of fused-ring (bicyclic) bond motifs is 5. The molecule has 0 bridgehead atoms. The average molecular weight is 1060 g/mol. The molecule has 0 amide bonds. The molecule has 372 valence electrons. The molecular formula is C51H73Cl6O8P. The first-order valence-corrected chi connectivity index (χ1v) is 28.2. The molecule has 1 saturated heterocycles. The molecule has 4 saturated carbocycles. The van der Waals surface area contributed by atoms with Crippen molar-refractivity contribution in [2.45, 2.75) is 176 Å². The van der Waals surface area contributed by atoms with Gasteiger partial charge < -0.3 is 18.9 Å². The Balaban J connectivity index is 1.12. The summed E-state index contributed by atoms with van der Waals surface area (Å²) in [6, 6.07) is 19.6. The minimum absolute atomic E-state index is 0.167. The zero-order valence-corrected chi connectivity index (χ0v) is 45.0. The van der Waals surface area contributed by atoms with Crippen molar-refractivity contribution in [1.82, 2.24) is 0 Å². The molecule has 2 aromatic carbocycles. The summed E-state index contributed by atoms with van der Waals surface area (Å²) >= 11 is 36.6. The summed E-state index contributed by atoms with van der Waals surface area (Å²) in [7, 11) is -4.72. The normalized spacial score (nSPS) is 35.6. The molecule has 14 atom stereocenters. The minimum atomic E-state index is -4.72. The zero-order valence-electron chi connectivity index (χ0n) is 39.6. The molecule has 5 fully saturated rings. The Morgan fingerprint density at radius 3 is 1.88 bits per heavy atom. The van der Waals surface area contributed by atoms with Crippen LogP contribution in [0.25, 0.3) is 0 Å². The Bertz CT molecular complexity index is 1850. The summed E-state index contributed by atoms with van der Waals surface area (Å²) in [5, 5.41) is 0. The van der Waals surface area contributed by atoms with Gasteiger partial charge in [-0.25, -0.2) is 4.57 Å². The Hall–Kier alpha value is 0.130. The van der Waals surface area contributed by atoms with Gasteiger partial charge in [0.25, 0.3) is 0 Å².